The second kappa shape index (κ2) is 4.15. The average Bonchev–Trinajstić information content (AvgIpc) is 2.31. The SMILES string of the molecule is N#Cc1ccncc1Nc1cncnc1. The molecule has 0 radical (unpaired) electrons. The minimum absolute atomic E-state index is 0.536. The van der Waals surface area contributed by atoms with Gasteiger partial charge in [-0.1, -0.05) is 0 Å². The summed E-state index contributed by atoms with van der Waals surface area (Å²) < 4.78 is 0. The number of rotatable bonds is 2. The van der Waals surface area contributed by atoms with Gasteiger partial charge in [0.15, 0.2) is 0 Å². The summed E-state index contributed by atoms with van der Waals surface area (Å²) in [4.78, 5) is 11.7. The highest BCUT2D eigenvalue weighted by Gasteiger charge is 2.01. The van der Waals surface area contributed by atoms with E-state index >= 15 is 0 Å². The van der Waals surface area contributed by atoms with Gasteiger partial charge in [0.05, 0.1) is 35.5 Å². The number of nitrogens with one attached hydrogen (secondary N) is 1. The maximum absolute atomic E-state index is 8.85. The van der Waals surface area contributed by atoms with E-state index < -0.39 is 0 Å². The molecule has 5 nitrogen and oxygen atoms in total. The van der Waals surface area contributed by atoms with Crippen LogP contribution >= 0.6 is 0 Å². The lowest BCUT2D eigenvalue weighted by Crippen LogP contribution is -1.95. The van der Waals surface area contributed by atoms with Crippen LogP contribution in [0.4, 0.5) is 11.4 Å². The third-order valence-corrected chi connectivity index (χ3v) is 1.78. The van der Waals surface area contributed by atoms with Crippen molar-refractivity contribution < 1.29 is 0 Å². The van der Waals surface area contributed by atoms with Crippen LogP contribution in [0.15, 0.2) is 37.2 Å². The summed E-state index contributed by atoms with van der Waals surface area (Å²) in [7, 11) is 0. The Morgan fingerprint density at radius 2 is 1.93 bits per heavy atom. The molecule has 0 aliphatic carbocycles. The van der Waals surface area contributed by atoms with Crippen LogP contribution in [0, 0.1) is 11.3 Å². The number of nitriles is 1. The summed E-state index contributed by atoms with van der Waals surface area (Å²) in [6, 6.07) is 3.72. The van der Waals surface area contributed by atoms with Gasteiger partial charge in [-0.15, -0.1) is 0 Å². The fraction of sp³-hybridized carbons (Fsp3) is 0. The van der Waals surface area contributed by atoms with Crippen LogP contribution in [-0.4, -0.2) is 15.0 Å². The second-order valence-corrected chi connectivity index (χ2v) is 2.79. The summed E-state index contributed by atoms with van der Waals surface area (Å²) in [6.45, 7) is 0. The van der Waals surface area contributed by atoms with Crippen molar-refractivity contribution in [2.24, 2.45) is 0 Å². The molecule has 0 fully saturated rings. The Kier molecular flexibility index (Phi) is 2.52. The van der Waals surface area contributed by atoms with Crippen LogP contribution in [0.25, 0.3) is 0 Å². The number of nitrogens with zero attached hydrogens (tertiary/aromatic N) is 4. The van der Waals surface area contributed by atoms with Gasteiger partial charge in [-0.25, -0.2) is 9.97 Å². The molecule has 15 heavy (non-hydrogen) atoms. The molecule has 2 rings (SSSR count). The first-order chi connectivity index (χ1) is 7.40. The van der Waals surface area contributed by atoms with Crippen LogP contribution < -0.4 is 5.32 Å². The topological polar surface area (TPSA) is 74.5 Å². The standard InChI is InChI=1S/C10H7N5/c11-3-8-1-2-12-6-10(8)15-9-4-13-7-14-5-9/h1-2,4-7,15H. The van der Waals surface area contributed by atoms with Crippen LogP contribution in [0.5, 0.6) is 0 Å². The number of hydrogen-bond acceptors (Lipinski definition) is 5. The Morgan fingerprint density at radius 1 is 1.13 bits per heavy atom. The highest BCUT2D eigenvalue weighted by Crippen LogP contribution is 2.17. The molecule has 5 heteroatoms. The summed E-state index contributed by atoms with van der Waals surface area (Å²) in [5.74, 6) is 0. The highest BCUT2D eigenvalue weighted by atomic mass is 14.9. The lowest BCUT2D eigenvalue weighted by molar-refractivity contribution is 1.16. The van der Waals surface area contributed by atoms with Crippen molar-refractivity contribution in [1.82, 2.24) is 15.0 Å². The van der Waals surface area contributed by atoms with Crippen molar-refractivity contribution >= 4 is 11.4 Å². The van der Waals surface area contributed by atoms with Gasteiger partial charge in [0.1, 0.15) is 12.4 Å². The first-order valence-corrected chi connectivity index (χ1v) is 4.26. The molecule has 0 saturated heterocycles. The summed E-state index contributed by atoms with van der Waals surface area (Å²) in [5, 5.41) is 11.9. The van der Waals surface area contributed by atoms with Crippen LogP contribution in [0.3, 0.4) is 0 Å². The van der Waals surface area contributed by atoms with Crippen molar-refractivity contribution in [1.29, 1.82) is 5.26 Å². The van der Waals surface area contributed by atoms with E-state index in [1.807, 2.05) is 0 Å². The Hall–Kier alpha value is -2.48. The first-order valence-electron chi connectivity index (χ1n) is 4.26. The Morgan fingerprint density at radius 3 is 2.67 bits per heavy atom. The molecule has 0 amide bonds. The lowest BCUT2D eigenvalue weighted by Gasteiger charge is -2.05. The van der Waals surface area contributed by atoms with E-state index in [9.17, 15) is 0 Å². The molecule has 2 aromatic heterocycles. The number of aromatic nitrogens is 3. The molecule has 0 aromatic carbocycles. The molecular formula is C10H7N5. The van der Waals surface area contributed by atoms with Crippen LogP contribution in [-0.2, 0) is 0 Å². The molecular weight excluding hydrogens is 190 g/mol. The van der Waals surface area contributed by atoms with E-state index in [2.05, 4.69) is 26.3 Å². The zero-order valence-electron chi connectivity index (χ0n) is 7.75. The minimum Gasteiger partial charge on any atom is -0.351 e. The lowest BCUT2D eigenvalue weighted by atomic mass is 10.2. The van der Waals surface area contributed by atoms with Crippen molar-refractivity contribution in [3.8, 4) is 6.07 Å². The average molecular weight is 197 g/mol. The summed E-state index contributed by atoms with van der Waals surface area (Å²) in [6.07, 6.45) is 7.86. The van der Waals surface area contributed by atoms with E-state index in [4.69, 9.17) is 5.26 Å². The number of anilines is 2. The van der Waals surface area contributed by atoms with Gasteiger partial charge in [-0.3, -0.25) is 4.98 Å². The molecule has 0 unspecified atom stereocenters. The van der Waals surface area contributed by atoms with E-state index in [0.717, 1.165) is 5.69 Å². The van der Waals surface area contributed by atoms with Crippen LogP contribution in [0.1, 0.15) is 5.56 Å². The quantitative estimate of drug-likeness (QED) is 0.789. The third kappa shape index (κ3) is 2.06. The highest BCUT2D eigenvalue weighted by molar-refractivity contribution is 5.64. The predicted octanol–water partition coefficient (Wildman–Crippen LogP) is 1.49. The van der Waals surface area contributed by atoms with Crippen molar-refractivity contribution in [3.63, 3.8) is 0 Å². The minimum atomic E-state index is 0.536. The molecule has 0 bridgehead atoms. The predicted molar refractivity (Wildman–Crippen MR) is 54.3 cm³/mol. The van der Waals surface area contributed by atoms with Gasteiger partial charge >= 0.3 is 0 Å². The van der Waals surface area contributed by atoms with E-state index in [-0.39, 0.29) is 0 Å². The van der Waals surface area contributed by atoms with Gasteiger partial charge in [-0.05, 0) is 6.07 Å². The maximum atomic E-state index is 8.85. The number of pyridine rings is 1. The number of hydrogen-bond donors (Lipinski definition) is 1. The fourth-order valence-electron chi connectivity index (χ4n) is 1.11. The van der Waals surface area contributed by atoms with Gasteiger partial charge in [0.2, 0.25) is 0 Å². The van der Waals surface area contributed by atoms with E-state index in [0.29, 0.717) is 11.3 Å². The molecule has 0 aliphatic heterocycles. The van der Waals surface area contributed by atoms with Crippen LogP contribution in [0.2, 0.25) is 0 Å². The van der Waals surface area contributed by atoms with Crippen molar-refractivity contribution in [2.45, 2.75) is 0 Å². The molecule has 2 heterocycles. The summed E-state index contributed by atoms with van der Waals surface area (Å²) >= 11 is 0. The van der Waals surface area contributed by atoms with Gasteiger partial charge in [0.25, 0.3) is 0 Å². The normalized spacial score (nSPS) is 9.27. The zero-order valence-corrected chi connectivity index (χ0v) is 7.75. The largest absolute Gasteiger partial charge is 0.351 e. The van der Waals surface area contributed by atoms with E-state index in [1.165, 1.54) is 6.33 Å². The molecule has 0 spiro atoms. The van der Waals surface area contributed by atoms with Crippen molar-refractivity contribution in [2.75, 3.05) is 5.32 Å². The Bertz CT molecular complexity index is 489. The maximum Gasteiger partial charge on any atom is 0.115 e. The summed E-state index contributed by atoms with van der Waals surface area (Å²) in [5.41, 5.74) is 1.91. The third-order valence-electron chi connectivity index (χ3n) is 1.78. The van der Waals surface area contributed by atoms with Gasteiger partial charge in [0, 0.05) is 6.20 Å². The molecule has 1 N–H and O–H groups in total. The molecule has 0 saturated carbocycles. The Labute approximate surface area is 86.5 Å². The molecule has 2 aromatic rings. The second-order valence-electron chi connectivity index (χ2n) is 2.79. The monoisotopic (exact) mass is 197 g/mol. The molecule has 72 valence electrons. The fourth-order valence-corrected chi connectivity index (χ4v) is 1.11. The van der Waals surface area contributed by atoms with E-state index in [1.54, 1.807) is 30.9 Å². The first kappa shape index (κ1) is 9.09. The Balaban J connectivity index is 2.29. The van der Waals surface area contributed by atoms with Gasteiger partial charge < -0.3 is 5.32 Å². The van der Waals surface area contributed by atoms with Gasteiger partial charge in [-0.2, -0.15) is 5.26 Å². The smallest absolute Gasteiger partial charge is 0.115 e. The molecule has 0 atom stereocenters. The van der Waals surface area contributed by atoms with Crippen molar-refractivity contribution in [3.05, 3.63) is 42.7 Å². The molecule has 0 aliphatic rings. The zero-order chi connectivity index (χ0) is 10.5.